The summed E-state index contributed by atoms with van der Waals surface area (Å²) in [5.41, 5.74) is 3.20. The van der Waals surface area contributed by atoms with E-state index in [-0.39, 0.29) is 24.9 Å². The molecule has 42 heavy (non-hydrogen) atoms. The molecule has 0 saturated heterocycles. The summed E-state index contributed by atoms with van der Waals surface area (Å²) in [7, 11) is -3.86. The summed E-state index contributed by atoms with van der Waals surface area (Å²) >= 11 is 0. The number of hydrogen-bond acceptors (Lipinski definition) is 4. The predicted octanol–water partition coefficient (Wildman–Crippen LogP) is 5.47. The van der Waals surface area contributed by atoms with Gasteiger partial charge in [0.1, 0.15) is 12.6 Å². The first kappa shape index (κ1) is 30.8. The van der Waals surface area contributed by atoms with Crippen LogP contribution in [0.3, 0.4) is 0 Å². The Bertz CT molecular complexity index is 1630. The van der Waals surface area contributed by atoms with Crippen molar-refractivity contribution < 1.29 is 18.0 Å². The van der Waals surface area contributed by atoms with Crippen LogP contribution in [0.5, 0.6) is 0 Å². The zero-order chi connectivity index (χ0) is 30.3. The van der Waals surface area contributed by atoms with Gasteiger partial charge in [-0.15, -0.1) is 0 Å². The second kappa shape index (κ2) is 13.7. The van der Waals surface area contributed by atoms with E-state index in [0.29, 0.717) is 5.69 Å². The number of carbonyl (C=O) groups excluding carboxylic acids is 2. The lowest BCUT2D eigenvalue weighted by Crippen LogP contribution is -2.54. The lowest BCUT2D eigenvalue weighted by Gasteiger charge is -2.34. The number of rotatable bonds is 12. The molecule has 2 amide bonds. The number of amides is 2. The highest BCUT2D eigenvalue weighted by molar-refractivity contribution is 7.92. The molecule has 220 valence electrons. The fraction of sp³-hybridized carbons (Fsp3) is 0.294. The number of nitrogens with one attached hydrogen (secondary N) is 1. The van der Waals surface area contributed by atoms with Crippen molar-refractivity contribution in [3.63, 3.8) is 0 Å². The highest BCUT2D eigenvalue weighted by atomic mass is 32.2. The first-order valence-electron chi connectivity index (χ1n) is 14.2. The van der Waals surface area contributed by atoms with Crippen LogP contribution in [0.15, 0.2) is 97.1 Å². The maximum absolute atomic E-state index is 14.3. The van der Waals surface area contributed by atoms with E-state index < -0.39 is 28.5 Å². The molecule has 4 aromatic rings. The Morgan fingerprint density at radius 1 is 0.857 bits per heavy atom. The van der Waals surface area contributed by atoms with Crippen LogP contribution in [0, 0.1) is 6.92 Å². The topological polar surface area (TPSA) is 86.8 Å². The van der Waals surface area contributed by atoms with E-state index in [1.54, 1.807) is 12.1 Å². The van der Waals surface area contributed by atoms with Crippen molar-refractivity contribution in [1.29, 1.82) is 0 Å². The molecule has 0 bridgehead atoms. The average molecular weight is 586 g/mol. The van der Waals surface area contributed by atoms with Gasteiger partial charge in [0.05, 0.1) is 11.9 Å². The highest BCUT2D eigenvalue weighted by Crippen LogP contribution is 2.29. The van der Waals surface area contributed by atoms with Crippen molar-refractivity contribution in [3.05, 3.63) is 114 Å². The normalized spacial score (nSPS) is 12.9. The van der Waals surface area contributed by atoms with E-state index >= 15 is 0 Å². The van der Waals surface area contributed by atoms with Gasteiger partial charge in [-0.2, -0.15) is 0 Å². The van der Waals surface area contributed by atoms with Crippen molar-refractivity contribution >= 4 is 38.3 Å². The van der Waals surface area contributed by atoms with Gasteiger partial charge in [-0.1, -0.05) is 103 Å². The fourth-order valence-corrected chi connectivity index (χ4v) is 5.88. The Balaban J connectivity index is 1.79. The molecule has 0 aliphatic carbocycles. The van der Waals surface area contributed by atoms with Crippen LogP contribution in [0.2, 0.25) is 0 Å². The zero-order valence-corrected chi connectivity index (χ0v) is 25.5. The molecular weight excluding hydrogens is 546 g/mol. The lowest BCUT2D eigenvalue weighted by atomic mass is 10.0. The molecule has 0 aliphatic rings. The number of hydrogen-bond donors (Lipinski definition) is 1. The molecular formula is C34H39N3O4S. The smallest absolute Gasteiger partial charge is 0.244 e. The Labute approximate surface area is 249 Å². The second-order valence-corrected chi connectivity index (χ2v) is 12.7. The van der Waals surface area contributed by atoms with Crippen LogP contribution in [-0.2, 0) is 32.6 Å². The molecule has 0 saturated carbocycles. The lowest BCUT2D eigenvalue weighted by molar-refractivity contribution is -0.140. The molecule has 0 aromatic heterocycles. The van der Waals surface area contributed by atoms with E-state index in [2.05, 4.69) is 5.32 Å². The van der Waals surface area contributed by atoms with E-state index in [4.69, 9.17) is 0 Å². The van der Waals surface area contributed by atoms with E-state index in [0.717, 1.165) is 44.4 Å². The monoisotopic (exact) mass is 585 g/mol. The van der Waals surface area contributed by atoms with E-state index in [1.807, 2.05) is 106 Å². The van der Waals surface area contributed by atoms with Gasteiger partial charge in [0, 0.05) is 24.4 Å². The third-order valence-corrected chi connectivity index (χ3v) is 8.55. The Morgan fingerprint density at radius 2 is 1.50 bits per heavy atom. The summed E-state index contributed by atoms with van der Waals surface area (Å²) in [4.78, 5) is 29.7. The van der Waals surface area contributed by atoms with Crippen molar-refractivity contribution in [2.75, 3.05) is 17.1 Å². The Kier molecular flexibility index (Phi) is 10.0. The highest BCUT2D eigenvalue weighted by Gasteiger charge is 2.33. The molecule has 1 N–H and O–H groups in total. The molecule has 7 nitrogen and oxygen atoms in total. The standard InChI is InChI=1S/C34H39N3O4S/c1-5-26(3)35-34(39)32(22-27-14-7-6-8-15-27)36(23-28-16-11-13-25(2)21-28)33(38)24-37(42(4,40)41)31-20-12-18-29-17-9-10-19-30(29)31/h6-21,26,32H,5,22-24H2,1-4H3,(H,35,39)/t26-,32-/m0/s1. The van der Waals surface area contributed by atoms with Crippen LogP contribution in [0.4, 0.5) is 5.69 Å². The van der Waals surface area contributed by atoms with Crippen LogP contribution in [-0.4, -0.2) is 50.0 Å². The van der Waals surface area contributed by atoms with Crippen molar-refractivity contribution in [2.45, 2.75) is 52.2 Å². The quantitative estimate of drug-likeness (QED) is 0.239. The summed E-state index contributed by atoms with van der Waals surface area (Å²) in [5.74, 6) is -0.736. The van der Waals surface area contributed by atoms with E-state index in [1.165, 1.54) is 4.90 Å². The van der Waals surface area contributed by atoms with Gasteiger partial charge in [0.25, 0.3) is 0 Å². The minimum Gasteiger partial charge on any atom is -0.352 e. The maximum atomic E-state index is 14.3. The van der Waals surface area contributed by atoms with Gasteiger partial charge in [0.15, 0.2) is 0 Å². The Morgan fingerprint density at radius 3 is 2.19 bits per heavy atom. The molecule has 2 atom stereocenters. The first-order valence-corrected chi connectivity index (χ1v) is 16.1. The number of carbonyl (C=O) groups is 2. The van der Waals surface area contributed by atoms with Crippen LogP contribution in [0.1, 0.15) is 37.0 Å². The van der Waals surface area contributed by atoms with Gasteiger partial charge in [0.2, 0.25) is 21.8 Å². The van der Waals surface area contributed by atoms with Crippen LogP contribution in [0.25, 0.3) is 10.8 Å². The van der Waals surface area contributed by atoms with Gasteiger partial charge < -0.3 is 10.2 Å². The fourth-order valence-electron chi connectivity index (χ4n) is 5.02. The third kappa shape index (κ3) is 7.76. The number of fused-ring (bicyclic) bond motifs is 1. The van der Waals surface area contributed by atoms with Crippen molar-refractivity contribution in [2.24, 2.45) is 0 Å². The minimum atomic E-state index is -3.86. The molecule has 0 aliphatic heterocycles. The molecule has 0 fully saturated rings. The number of aryl methyl sites for hydroxylation is 1. The van der Waals surface area contributed by atoms with Gasteiger partial charge in [-0.05, 0) is 42.8 Å². The maximum Gasteiger partial charge on any atom is 0.244 e. The zero-order valence-electron chi connectivity index (χ0n) is 24.7. The molecule has 4 aromatic carbocycles. The summed E-state index contributed by atoms with van der Waals surface area (Å²) < 4.78 is 27.5. The molecule has 4 rings (SSSR count). The summed E-state index contributed by atoms with van der Waals surface area (Å²) in [5, 5.41) is 4.64. The van der Waals surface area contributed by atoms with Crippen molar-refractivity contribution in [1.82, 2.24) is 10.2 Å². The largest absolute Gasteiger partial charge is 0.352 e. The molecule has 0 spiro atoms. The van der Waals surface area contributed by atoms with Gasteiger partial charge >= 0.3 is 0 Å². The molecule has 0 unspecified atom stereocenters. The van der Waals surface area contributed by atoms with Gasteiger partial charge in [-0.3, -0.25) is 13.9 Å². The molecule has 0 radical (unpaired) electrons. The SMILES string of the molecule is CC[C@H](C)NC(=O)[C@H](Cc1ccccc1)N(Cc1cccc(C)c1)C(=O)CN(c1cccc2ccccc12)S(C)(=O)=O. The second-order valence-electron chi connectivity index (χ2n) is 10.8. The van der Waals surface area contributed by atoms with Crippen LogP contribution < -0.4 is 9.62 Å². The van der Waals surface area contributed by atoms with Gasteiger partial charge in [-0.25, -0.2) is 8.42 Å². The number of anilines is 1. The third-order valence-electron chi connectivity index (χ3n) is 7.42. The minimum absolute atomic E-state index is 0.0881. The summed E-state index contributed by atoms with van der Waals surface area (Å²) in [6.07, 6.45) is 2.12. The Hall–Kier alpha value is -4.17. The molecule has 8 heteroatoms. The predicted molar refractivity (Wildman–Crippen MR) is 170 cm³/mol. The number of nitrogens with zero attached hydrogens (tertiary/aromatic N) is 2. The number of sulfonamides is 1. The van der Waals surface area contributed by atoms with Crippen molar-refractivity contribution in [3.8, 4) is 0 Å². The van der Waals surface area contributed by atoms with E-state index in [9.17, 15) is 18.0 Å². The average Bonchev–Trinajstić information content (AvgIpc) is 2.97. The molecule has 0 heterocycles. The van der Waals surface area contributed by atoms with Crippen LogP contribution >= 0.6 is 0 Å². The number of benzene rings is 4. The summed E-state index contributed by atoms with van der Waals surface area (Å²) in [6.45, 7) is 5.59. The first-order chi connectivity index (χ1) is 20.1. The summed E-state index contributed by atoms with van der Waals surface area (Å²) in [6, 6.07) is 29.3.